The topological polar surface area (TPSA) is 91.2 Å². The van der Waals surface area contributed by atoms with E-state index in [-0.39, 0.29) is 18.1 Å². The first-order chi connectivity index (χ1) is 12.1. The molecule has 0 spiro atoms. The normalized spacial score (nSPS) is 20.2. The van der Waals surface area contributed by atoms with Gasteiger partial charge in [0, 0.05) is 32.2 Å². The molecule has 8 heteroatoms. The second kappa shape index (κ2) is 8.06. The van der Waals surface area contributed by atoms with Crippen LogP contribution < -0.4 is 10.1 Å². The van der Waals surface area contributed by atoms with Gasteiger partial charge in [-0.1, -0.05) is 0 Å². The molecule has 1 amide bonds. The monoisotopic (exact) mass is 345 g/mol. The highest BCUT2D eigenvalue weighted by Crippen LogP contribution is 2.17. The average molecular weight is 345 g/mol. The fraction of sp³-hybridized carbons (Fsp3) is 0.529. The third kappa shape index (κ3) is 4.76. The van der Waals surface area contributed by atoms with Crippen molar-refractivity contribution in [2.24, 2.45) is 7.05 Å². The highest BCUT2D eigenvalue weighted by atomic mass is 16.5. The molecule has 3 heterocycles. The number of ether oxygens (including phenoxy) is 2. The van der Waals surface area contributed by atoms with E-state index in [9.17, 15) is 4.79 Å². The molecule has 2 aromatic heterocycles. The first-order valence-corrected chi connectivity index (χ1v) is 8.41. The lowest BCUT2D eigenvalue weighted by atomic mass is 10.1. The summed E-state index contributed by atoms with van der Waals surface area (Å²) in [6, 6.07) is 3.69. The third-order valence-corrected chi connectivity index (χ3v) is 4.20. The van der Waals surface area contributed by atoms with Gasteiger partial charge < -0.3 is 19.4 Å². The SMILES string of the molecule is Cc1ccc(O[C@@H]2COCC[C@@H]2NC(=O)CCc2nncn2C)cn1. The maximum atomic E-state index is 12.3. The van der Waals surface area contributed by atoms with Crippen LogP contribution in [0.4, 0.5) is 0 Å². The van der Waals surface area contributed by atoms with E-state index in [2.05, 4.69) is 20.5 Å². The Labute approximate surface area is 146 Å². The highest BCUT2D eigenvalue weighted by molar-refractivity contribution is 5.76. The van der Waals surface area contributed by atoms with Gasteiger partial charge in [0.25, 0.3) is 0 Å². The number of carbonyl (C=O) groups excluding carboxylic acids is 1. The van der Waals surface area contributed by atoms with Crippen molar-refractivity contribution in [3.8, 4) is 5.75 Å². The molecule has 0 radical (unpaired) electrons. The number of aromatic nitrogens is 4. The summed E-state index contributed by atoms with van der Waals surface area (Å²) in [5.41, 5.74) is 0.931. The van der Waals surface area contributed by atoms with Crippen LogP contribution in [0, 0.1) is 6.92 Å². The van der Waals surface area contributed by atoms with Crippen LogP contribution in [0.2, 0.25) is 0 Å². The van der Waals surface area contributed by atoms with Crippen LogP contribution in [-0.2, 0) is 23.0 Å². The van der Waals surface area contributed by atoms with E-state index >= 15 is 0 Å². The Morgan fingerprint density at radius 1 is 1.48 bits per heavy atom. The predicted octanol–water partition coefficient (Wildman–Crippen LogP) is 0.804. The summed E-state index contributed by atoms with van der Waals surface area (Å²) in [5, 5.41) is 10.9. The van der Waals surface area contributed by atoms with Crippen LogP contribution in [0.1, 0.15) is 24.4 Å². The molecule has 8 nitrogen and oxygen atoms in total. The first kappa shape index (κ1) is 17.3. The molecule has 0 saturated carbocycles. The van der Waals surface area contributed by atoms with Crippen LogP contribution in [0.5, 0.6) is 5.75 Å². The largest absolute Gasteiger partial charge is 0.484 e. The Bertz CT molecular complexity index is 701. The zero-order chi connectivity index (χ0) is 17.6. The lowest BCUT2D eigenvalue weighted by Crippen LogP contribution is -2.51. The van der Waals surface area contributed by atoms with Gasteiger partial charge in [0.05, 0.1) is 18.8 Å². The fourth-order valence-corrected chi connectivity index (χ4v) is 2.73. The molecule has 134 valence electrons. The van der Waals surface area contributed by atoms with E-state index in [1.54, 1.807) is 12.5 Å². The molecular weight excluding hydrogens is 322 g/mol. The molecule has 2 aromatic rings. The zero-order valence-electron chi connectivity index (χ0n) is 14.5. The number of nitrogens with one attached hydrogen (secondary N) is 1. The second-order valence-corrected chi connectivity index (χ2v) is 6.19. The minimum atomic E-state index is -0.225. The molecule has 1 aliphatic rings. The average Bonchev–Trinajstić information content (AvgIpc) is 3.02. The number of hydrogen-bond donors (Lipinski definition) is 1. The maximum Gasteiger partial charge on any atom is 0.220 e. The predicted molar refractivity (Wildman–Crippen MR) is 90.1 cm³/mol. The van der Waals surface area contributed by atoms with Gasteiger partial charge in [0.2, 0.25) is 5.91 Å². The fourth-order valence-electron chi connectivity index (χ4n) is 2.73. The number of aryl methyl sites for hydroxylation is 3. The van der Waals surface area contributed by atoms with Gasteiger partial charge in [-0.3, -0.25) is 9.78 Å². The molecule has 0 aliphatic carbocycles. The summed E-state index contributed by atoms with van der Waals surface area (Å²) < 4.78 is 13.3. The molecule has 25 heavy (non-hydrogen) atoms. The second-order valence-electron chi connectivity index (χ2n) is 6.19. The Morgan fingerprint density at radius 2 is 2.36 bits per heavy atom. The van der Waals surface area contributed by atoms with Crippen LogP contribution in [-0.4, -0.2) is 51.0 Å². The van der Waals surface area contributed by atoms with Crippen molar-refractivity contribution in [2.75, 3.05) is 13.2 Å². The molecule has 2 atom stereocenters. The summed E-state index contributed by atoms with van der Waals surface area (Å²) in [6.07, 6.45) is 4.74. The maximum absolute atomic E-state index is 12.3. The van der Waals surface area contributed by atoms with E-state index in [1.165, 1.54) is 0 Å². The Kier molecular flexibility index (Phi) is 5.60. The standard InChI is InChI=1S/C17H23N5O3/c1-12-3-4-13(9-18-12)25-15-10-24-8-7-14(15)20-17(23)6-5-16-21-19-11-22(16)2/h3-4,9,11,14-15H,5-8,10H2,1-2H3,(H,20,23)/t14-,15+/m0/s1. The summed E-state index contributed by atoms with van der Waals surface area (Å²) in [4.78, 5) is 16.5. The molecule has 0 unspecified atom stereocenters. The van der Waals surface area contributed by atoms with E-state index < -0.39 is 0 Å². The molecular formula is C17H23N5O3. The number of rotatable bonds is 6. The van der Waals surface area contributed by atoms with Gasteiger partial charge in [0.15, 0.2) is 0 Å². The van der Waals surface area contributed by atoms with E-state index in [0.717, 1.165) is 17.9 Å². The lowest BCUT2D eigenvalue weighted by Gasteiger charge is -2.32. The van der Waals surface area contributed by atoms with Crippen LogP contribution in [0.25, 0.3) is 0 Å². The van der Waals surface area contributed by atoms with Crippen LogP contribution in [0.3, 0.4) is 0 Å². The van der Waals surface area contributed by atoms with Gasteiger partial charge in [-0.05, 0) is 25.5 Å². The number of carbonyl (C=O) groups is 1. The quantitative estimate of drug-likeness (QED) is 0.833. The summed E-state index contributed by atoms with van der Waals surface area (Å²) in [7, 11) is 1.87. The van der Waals surface area contributed by atoms with Crippen molar-refractivity contribution in [1.29, 1.82) is 0 Å². The Morgan fingerprint density at radius 3 is 3.08 bits per heavy atom. The van der Waals surface area contributed by atoms with E-state index in [1.807, 2.05) is 30.7 Å². The highest BCUT2D eigenvalue weighted by Gasteiger charge is 2.29. The molecule has 0 bridgehead atoms. The van der Waals surface area contributed by atoms with Crippen molar-refractivity contribution in [3.05, 3.63) is 36.2 Å². The van der Waals surface area contributed by atoms with Crippen molar-refractivity contribution in [2.45, 2.75) is 38.3 Å². The number of amides is 1. The van der Waals surface area contributed by atoms with Gasteiger partial charge in [-0.15, -0.1) is 10.2 Å². The molecule has 1 fully saturated rings. The molecule has 1 saturated heterocycles. The van der Waals surface area contributed by atoms with Gasteiger partial charge in [-0.25, -0.2) is 0 Å². The molecule has 1 aliphatic heterocycles. The minimum Gasteiger partial charge on any atom is -0.484 e. The molecule has 0 aromatic carbocycles. The molecule has 3 rings (SSSR count). The number of nitrogens with zero attached hydrogens (tertiary/aromatic N) is 4. The van der Waals surface area contributed by atoms with Crippen molar-refractivity contribution < 1.29 is 14.3 Å². The van der Waals surface area contributed by atoms with E-state index in [4.69, 9.17) is 9.47 Å². The smallest absolute Gasteiger partial charge is 0.220 e. The first-order valence-electron chi connectivity index (χ1n) is 8.41. The van der Waals surface area contributed by atoms with Crippen molar-refractivity contribution in [1.82, 2.24) is 25.1 Å². The van der Waals surface area contributed by atoms with Gasteiger partial charge in [0.1, 0.15) is 24.0 Å². The van der Waals surface area contributed by atoms with Crippen molar-refractivity contribution in [3.63, 3.8) is 0 Å². The Hall–Kier alpha value is -2.48. The van der Waals surface area contributed by atoms with E-state index in [0.29, 0.717) is 31.8 Å². The summed E-state index contributed by atoms with van der Waals surface area (Å²) >= 11 is 0. The minimum absolute atomic E-state index is 0.0227. The lowest BCUT2D eigenvalue weighted by molar-refractivity contribution is -0.124. The number of hydrogen-bond acceptors (Lipinski definition) is 6. The number of pyridine rings is 1. The Balaban J connectivity index is 1.54. The van der Waals surface area contributed by atoms with Gasteiger partial charge in [-0.2, -0.15) is 0 Å². The summed E-state index contributed by atoms with van der Waals surface area (Å²) in [6.45, 7) is 2.98. The van der Waals surface area contributed by atoms with Crippen LogP contribution in [0.15, 0.2) is 24.7 Å². The van der Waals surface area contributed by atoms with Gasteiger partial charge >= 0.3 is 0 Å². The molecule has 1 N–H and O–H groups in total. The van der Waals surface area contributed by atoms with Crippen LogP contribution >= 0.6 is 0 Å². The van der Waals surface area contributed by atoms with Crippen molar-refractivity contribution >= 4 is 5.91 Å². The zero-order valence-corrected chi connectivity index (χ0v) is 14.5. The summed E-state index contributed by atoms with van der Waals surface area (Å²) in [5.74, 6) is 1.45. The third-order valence-electron chi connectivity index (χ3n) is 4.20.